The Labute approximate surface area is 163 Å². The molecule has 154 valence electrons. The summed E-state index contributed by atoms with van der Waals surface area (Å²) in [7, 11) is 0. The summed E-state index contributed by atoms with van der Waals surface area (Å²) in [5.74, 6) is -3.56. The van der Waals surface area contributed by atoms with Gasteiger partial charge in [0.25, 0.3) is 0 Å². The van der Waals surface area contributed by atoms with Crippen molar-refractivity contribution in [2.24, 2.45) is 0 Å². The number of ether oxygens (including phenoxy) is 5. The summed E-state index contributed by atoms with van der Waals surface area (Å²) in [4.78, 5) is 25.4. The minimum absolute atomic E-state index is 0.215. The number of carbonyl (C=O) groups is 2. The van der Waals surface area contributed by atoms with Crippen LogP contribution in [0.5, 0.6) is 17.2 Å². The number of fused-ring (bicyclic) bond motifs is 2. The summed E-state index contributed by atoms with van der Waals surface area (Å²) in [5, 5.41) is 9.67. The van der Waals surface area contributed by atoms with Crippen LogP contribution >= 0.6 is 0 Å². The van der Waals surface area contributed by atoms with Crippen LogP contribution in [0.1, 0.15) is 26.7 Å². The Morgan fingerprint density at radius 1 is 1.07 bits per heavy atom. The minimum Gasteiger partial charge on any atom is -0.488 e. The minimum atomic E-state index is -1.93. The molecule has 1 aromatic carbocycles. The van der Waals surface area contributed by atoms with E-state index in [0.29, 0.717) is 12.4 Å². The fraction of sp³-hybridized carbons (Fsp3) is 0.579. The molecule has 2 unspecified atom stereocenters. The van der Waals surface area contributed by atoms with Gasteiger partial charge < -0.3 is 28.8 Å². The Morgan fingerprint density at radius 2 is 1.82 bits per heavy atom. The molecule has 0 saturated carbocycles. The molecular weight excluding hydrogens is 370 g/mol. The van der Waals surface area contributed by atoms with Gasteiger partial charge in [-0.1, -0.05) is 19.9 Å². The molecule has 2 aliphatic rings. The van der Waals surface area contributed by atoms with E-state index < -0.39 is 30.6 Å². The topological polar surface area (TPSA) is 104 Å². The highest BCUT2D eigenvalue weighted by atomic mass is 16.8. The molecule has 2 heterocycles. The van der Waals surface area contributed by atoms with Crippen LogP contribution in [-0.2, 0) is 19.1 Å². The predicted molar refractivity (Wildman–Crippen MR) is 96.0 cm³/mol. The normalized spacial score (nSPS) is 23.1. The molecule has 0 bridgehead atoms. The largest absolute Gasteiger partial charge is 0.488 e. The van der Waals surface area contributed by atoms with Gasteiger partial charge in [-0.3, -0.25) is 4.90 Å². The molecule has 1 saturated heterocycles. The van der Waals surface area contributed by atoms with Gasteiger partial charge in [0.05, 0.1) is 0 Å². The number of hydrogen-bond acceptors (Lipinski definition) is 9. The van der Waals surface area contributed by atoms with Crippen LogP contribution in [0.25, 0.3) is 0 Å². The van der Waals surface area contributed by atoms with E-state index in [1.165, 1.54) is 0 Å². The lowest BCUT2D eigenvalue weighted by atomic mass is 10.2. The summed E-state index contributed by atoms with van der Waals surface area (Å²) in [6.07, 6.45) is 0.691. The SMILES string of the molecule is CCCN(CCC)CCOc1cccc2c1OC1OC(=O)C(=O)OC1(CO)O2. The van der Waals surface area contributed by atoms with Crippen LogP contribution in [0.15, 0.2) is 18.2 Å². The number of esters is 2. The quantitative estimate of drug-likeness (QED) is 0.486. The first-order valence-electron chi connectivity index (χ1n) is 9.41. The van der Waals surface area contributed by atoms with Crippen molar-refractivity contribution in [2.75, 3.05) is 32.8 Å². The second-order valence-corrected chi connectivity index (χ2v) is 6.59. The highest BCUT2D eigenvalue weighted by Crippen LogP contribution is 2.46. The van der Waals surface area contributed by atoms with E-state index in [0.717, 1.165) is 32.5 Å². The average molecular weight is 395 g/mol. The van der Waals surface area contributed by atoms with Crippen molar-refractivity contribution in [3.05, 3.63) is 18.2 Å². The van der Waals surface area contributed by atoms with E-state index in [1.54, 1.807) is 18.2 Å². The maximum absolute atomic E-state index is 11.5. The van der Waals surface area contributed by atoms with Gasteiger partial charge in [-0.05, 0) is 38.1 Å². The molecule has 0 radical (unpaired) electrons. The van der Waals surface area contributed by atoms with E-state index in [-0.39, 0.29) is 11.5 Å². The Balaban J connectivity index is 1.73. The summed E-state index contributed by atoms with van der Waals surface area (Å²) < 4.78 is 27.1. The van der Waals surface area contributed by atoms with Crippen molar-refractivity contribution in [1.29, 1.82) is 0 Å². The molecule has 0 aliphatic carbocycles. The van der Waals surface area contributed by atoms with Crippen molar-refractivity contribution in [2.45, 2.75) is 38.8 Å². The predicted octanol–water partition coefficient (Wildman–Crippen LogP) is 1.07. The Morgan fingerprint density at radius 3 is 2.50 bits per heavy atom. The van der Waals surface area contributed by atoms with E-state index in [4.69, 9.17) is 23.7 Å². The highest BCUT2D eigenvalue weighted by Gasteiger charge is 2.58. The van der Waals surface area contributed by atoms with Crippen LogP contribution in [0, 0.1) is 0 Å². The maximum atomic E-state index is 11.5. The molecule has 1 fully saturated rings. The van der Waals surface area contributed by atoms with Crippen molar-refractivity contribution in [3.63, 3.8) is 0 Å². The van der Waals surface area contributed by atoms with Crippen LogP contribution in [0.4, 0.5) is 0 Å². The van der Waals surface area contributed by atoms with E-state index in [2.05, 4.69) is 18.7 Å². The average Bonchev–Trinajstić information content (AvgIpc) is 2.68. The number of aliphatic hydroxyl groups is 1. The summed E-state index contributed by atoms with van der Waals surface area (Å²) >= 11 is 0. The molecule has 0 spiro atoms. The lowest BCUT2D eigenvalue weighted by Gasteiger charge is -2.42. The summed E-state index contributed by atoms with van der Waals surface area (Å²) in [6.45, 7) is 6.69. The molecule has 3 rings (SSSR count). The van der Waals surface area contributed by atoms with Crippen molar-refractivity contribution in [1.82, 2.24) is 4.90 Å². The molecule has 1 aromatic rings. The zero-order chi connectivity index (χ0) is 20.1. The van der Waals surface area contributed by atoms with Gasteiger partial charge in [-0.2, -0.15) is 0 Å². The smallest absolute Gasteiger partial charge is 0.421 e. The van der Waals surface area contributed by atoms with E-state index in [9.17, 15) is 14.7 Å². The number of para-hydroxylation sites is 1. The van der Waals surface area contributed by atoms with Gasteiger partial charge in [-0.15, -0.1) is 0 Å². The van der Waals surface area contributed by atoms with Crippen molar-refractivity contribution in [3.8, 4) is 17.2 Å². The van der Waals surface area contributed by atoms with Gasteiger partial charge in [0.2, 0.25) is 5.75 Å². The molecule has 2 aliphatic heterocycles. The lowest BCUT2D eigenvalue weighted by Crippen LogP contribution is -2.64. The van der Waals surface area contributed by atoms with Crippen LogP contribution < -0.4 is 14.2 Å². The zero-order valence-electron chi connectivity index (χ0n) is 16.0. The maximum Gasteiger partial charge on any atom is 0.421 e. The van der Waals surface area contributed by atoms with E-state index in [1.807, 2.05) is 0 Å². The molecular formula is C19H25NO8. The Bertz CT molecular complexity index is 718. The van der Waals surface area contributed by atoms with Crippen LogP contribution in [-0.4, -0.2) is 66.9 Å². The lowest BCUT2D eigenvalue weighted by molar-refractivity contribution is -0.320. The first-order chi connectivity index (χ1) is 13.5. The Hall–Kier alpha value is -2.52. The Kier molecular flexibility index (Phi) is 6.25. The first kappa shape index (κ1) is 20.2. The van der Waals surface area contributed by atoms with Gasteiger partial charge in [0.1, 0.15) is 13.2 Å². The fourth-order valence-electron chi connectivity index (χ4n) is 3.16. The second-order valence-electron chi connectivity index (χ2n) is 6.59. The number of aliphatic hydroxyl groups excluding tert-OH is 1. The molecule has 9 heteroatoms. The molecule has 28 heavy (non-hydrogen) atoms. The molecule has 1 N–H and O–H groups in total. The molecule has 9 nitrogen and oxygen atoms in total. The number of nitrogens with zero attached hydrogens (tertiary/aromatic N) is 1. The van der Waals surface area contributed by atoms with Crippen molar-refractivity contribution < 1.29 is 38.4 Å². The number of benzene rings is 1. The standard InChI is InChI=1S/C19H25NO8/c1-3-8-20(9-4-2)10-11-24-13-6-5-7-14-15(13)25-18-19(12-21,27-14)28-17(23)16(22)26-18/h5-7,18,21H,3-4,8-12H2,1-2H3. The van der Waals surface area contributed by atoms with E-state index >= 15 is 0 Å². The van der Waals surface area contributed by atoms with Gasteiger partial charge >= 0.3 is 24.0 Å². The monoisotopic (exact) mass is 395 g/mol. The third-order valence-electron chi connectivity index (χ3n) is 4.42. The highest BCUT2D eigenvalue weighted by molar-refractivity contribution is 6.30. The van der Waals surface area contributed by atoms with Gasteiger partial charge in [0, 0.05) is 6.54 Å². The van der Waals surface area contributed by atoms with Gasteiger partial charge in [-0.25, -0.2) is 9.59 Å². The number of carbonyl (C=O) groups excluding carboxylic acids is 2. The molecule has 2 atom stereocenters. The fourth-order valence-corrected chi connectivity index (χ4v) is 3.16. The summed E-state index contributed by atoms with van der Waals surface area (Å²) in [6, 6.07) is 4.98. The van der Waals surface area contributed by atoms with Crippen molar-refractivity contribution >= 4 is 11.9 Å². The zero-order valence-corrected chi connectivity index (χ0v) is 16.0. The first-order valence-corrected chi connectivity index (χ1v) is 9.41. The second kappa shape index (κ2) is 8.66. The molecule has 0 aromatic heterocycles. The van der Waals surface area contributed by atoms with Crippen LogP contribution in [0.3, 0.4) is 0 Å². The number of hydrogen-bond donors (Lipinski definition) is 1. The third kappa shape index (κ3) is 4.00. The third-order valence-corrected chi connectivity index (χ3v) is 4.42. The van der Waals surface area contributed by atoms with Gasteiger partial charge in [0.15, 0.2) is 11.5 Å². The van der Waals surface area contributed by atoms with Crippen LogP contribution in [0.2, 0.25) is 0 Å². The number of rotatable bonds is 9. The molecule has 0 amide bonds. The summed E-state index contributed by atoms with van der Waals surface area (Å²) in [5.41, 5.74) is 0.